The van der Waals surface area contributed by atoms with Gasteiger partial charge in [0, 0.05) is 19.6 Å². The zero-order valence-corrected chi connectivity index (χ0v) is 11.4. The first-order valence-electron chi connectivity index (χ1n) is 6.74. The van der Waals surface area contributed by atoms with Gasteiger partial charge in [0.1, 0.15) is 5.54 Å². The van der Waals surface area contributed by atoms with Crippen molar-refractivity contribution in [3.8, 4) is 6.07 Å². The molecular weight excluding hydrogens is 238 g/mol. The van der Waals surface area contributed by atoms with Crippen LogP contribution in [0.1, 0.15) is 18.9 Å². The second-order valence-corrected chi connectivity index (χ2v) is 5.18. The van der Waals surface area contributed by atoms with Gasteiger partial charge < -0.3 is 10.5 Å². The minimum Gasteiger partial charge on any atom is -0.376 e. The lowest BCUT2D eigenvalue weighted by Crippen LogP contribution is -2.45. The Balaban J connectivity index is 1.98. The van der Waals surface area contributed by atoms with Crippen LogP contribution in [0.3, 0.4) is 0 Å². The SMILES string of the molecule is CC1CN(CCC(N)(C#N)c2ccccc2)CCO1. The quantitative estimate of drug-likeness (QED) is 0.889. The highest BCUT2D eigenvalue weighted by Gasteiger charge is 2.28. The summed E-state index contributed by atoms with van der Waals surface area (Å²) in [4.78, 5) is 2.32. The first-order valence-corrected chi connectivity index (χ1v) is 6.74. The highest BCUT2D eigenvalue weighted by atomic mass is 16.5. The summed E-state index contributed by atoms with van der Waals surface area (Å²) in [6, 6.07) is 11.9. The summed E-state index contributed by atoms with van der Waals surface area (Å²) in [7, 11) is 0. The van der Waals surface area contributed by atoms with Gasteiger partial charge in [-0.3, -0.25) is 4.90 Å². The summed E-state index contributed by atoms with van der Waals surface area (Å²) in [5, 5.41) is 9.40. The molecule has 19 heavy (non-hydrogen) atoms. The van der Waals surface area contributed by atoms with Crippen molar-refractivity contribution in [3.05, 3.63) is 35.9 Å². The van der Waals surface area contributed by atoms with Crippen LogP contribution in [0.2, 0.25) is 0 Å². The molecular formula is C15H21N3O. The lowest BCUT2D eigenvalue weighted by Gasteiger charge is -2.33. The second-order valence-electron chi connectivity index (χ2n) is 5.18. The minimum absolute atomic E-state index is 0.264. The Morgan fingerprint density at radius 1 is 1.47 bits per heavy atom. The van der Waals surface area contributed by atoms with Crippen LogP contribution >= 0.6 is 0 Å². The van der Waals surface area contributed by atoms with Crippen molar-refractivity contribution in [1.29, 1.82) is 5.26 Å². The predicted molar refractivity (Wildman–Crippen MR) is 74.4 cm³/mol. The summed E-state index contributed by atoms with van der Waals surface area (Å²) >= 11 is 0. The Morgan fingerprint density at radius 2 is 2.21 bits per heavy atom. The van der Waals surface area contributed by atoms with Crippen molar-refractivity contribution in [2.45, 2.75) is 25.0 Å². The van der Waals surface area contributed by atoms with E-state index in [1.54, 1.807) is 0 Å². The summed E-state index contributed by atoms with van der Waals surface area (Å²) in [5.41, 5.74) is 6.24. The van der Waals surface area contributed by atoms with Gasteiger partial charge in [0.15, 0.2) is 0 Å². The largest absolute Gasteiger partial charge is 0.376 e. The van der Waals surface area contributed by atoms with Gasteiger partial charge in [-0.1, -0.05) is 30.3 Å². The summed E-state index contributed by atoms with van der Waals surface area (Å²) in [5.74, 6) is 0. The third-order valence-corrected chi connectivity index (χ3v) is 3.64. The van der Waals surface area contributed by atoms with E-state index in [9.17, 15) is 5.26 Å². The molecule has 1 aliphatic rings. The van der Waals surface area contributed by atoms with Crippen LogP contribution in [-0.4, -0.2) is 37.2 Å². The van der Waals surface area contributed by atoms with E-state index in [0.717, 1.165) is 31.8 Å². The molecule has 4 nitrogen and oxygen atoms in total. The van der Waals surface area contributed by atoms with Crippen molar-refractivity contribution >= 4 is 0 Å². The van der Waals surface area contributed by atoms with E-state index in [1.807, 2.05) is 30.3 Å². The molecule has 0 aliphatic carbocycles. The Kier molecular flexibility index (Phi) is 4.54. The molecule has 0 bridgehead atoms. The number of morpholine rings is 1. The second kappa shape index (κ2) is 6.16. The molecule has 0 amide bonds. The lowest BCUT2D eigenvalue weighted by atomic mass is 9.89. The van der Waals surface area contributed by atoms with Gasteiger partial charge in [-0.05, 0) is 18.9 Å². The van der Waals surface area contributed by atoms with E-state index >= 15 is 0 Å². The molecule has 1 aromatic rings. The van der Waals surface area contributed by atoms with Gasteiger partial charge in [-0.25, -0.2) is 0 Å². The predicted octanol–water partition coefficient (Wildman–Crippen LogP) is 1.47. The van der Waals surface area contributed by atoms with Gasteiger partial charge in [0.05, 0.1) is 18.8 Å². The zero-order chi connectivity index (χ0) is 13.7. The fraction of sp³-hybridized carbons (Fsp3) is 0.533. The highest BCUT2D eigenvalue weighted by Crippen LogP contribution is 2.22. The zero-order valence-electron chi connectivity index (χ0n) is 11.4. The molecule has 1 aromatic carbocycles. The topological polar surface area (TPSA) is 62.3 Å². The van der Waals surface area contributed by atoms with Crippen LogP contribution in [0.15, 0.2) is 30.3 Å². The van der Waals surface area contributed by atoms with Crippen LogP contribution < -0.4 is 5.73 Å². The van der Waals surface area contributed by atoms with Gasteiger partial charge in [-0.15, -0.1) is 0 Å². The van der Waals surface area contributed by atoms with Crippen LogP contribution in [0.25, 0.3) is 0 Å². The maximum atomic E-state index is 9.40. The molecule has 0 spiro atoms. The number of rotatable bonds is 4. The van der Waals surface area contributed by atoms with Gasteiger partial charge in [-0.2, -0.15) is 5.26 Å². The Morgan fingerprint density at radius 3 is 2.84 bits per heavy atom. The van der Waals surface area contributed by atoms with Crippen molar-refractivity contribution in [1.82, 2.24) is 4.90 Å². The number of nitrogens with two attached hydrogens (primary N) is 1. The smallest absolute Gasteiger partial charge is 0.131 e. The van der Waals surface area contributed by atoms with Crippen LogP contribution in [0.5, 0.6) is 0 Å². The molecule has 0 saturated carbocycles. The Labute approximate surface area is 114 Å². The number of nitrogens with zero attached hydrogens (tertiary/aromatic N) is 2. The molecule has 2 rings (SSSR count). The Bertz CT molecular complexity index is 442. The fourth-order valence-electron chi connectivity index (χ4n) is 2.43. The number of nitriles is 1. The maximum absolute atomic E-state index is 9.40. The summed E-state index contributed by atoms with van der Waals surface area (Å²) in [6.07, 6.45) is 0.903. The molecule has 4 heteroatoms. The summed E-state index contributed by atoms with van der Waals surface area (Å²) in [6.45, 7) is 5.49. The first kappa shape index (κ1) is 14.0. The van der Waals surface area contributed by atoms with Gasteiger partial charge in [0.25, 0.3) is 0 Å². The average Bonchev–Trinajstić information content (AvgIpc) is 2.46. The van der Waals surface area contributed by atoms with E-state index in [-0.39, 0.29) is 6.10 Å². The van der Waals surface area contributed by atoms with Crippen molar-refractivity contribution < 1.29 is 4.74 Å². The summed E-state index contributed by atoms with van der Waals surface area (Å²) < 4.78 is 5.51. The third-order valence-electron chi connectivity index (χ3n) is 3.64. The highest BCUT2D eigenvalue weighted by molar-refractivity contribution is 5.30. The van der Waals surface area contributed by atoms with Crippen molar-refractivity contribution in [2.75, 3.05) is 26.2 Å². The van der Waals surface area contributed by atoms with Crippen LogP contribution in [-0.2, 0) is 10.3 Å². The van der Waals surface area contributed by atoms with Gasteiger partial charge in [0.2, 0.25) is 0 Å². The van der Waals surface area contributed by atoms with Crippen molar-refractivity contribution in [2.24, 2.45) is 5.73 Å². The van der Waals surface area contributed by atoms with Gasteiger partial charge >= 0.3 is 0 Å². The molecule has 0 aromatic heterocycles. The molecule has 2 unspecified atom stereocenters. The normalized spacial score (nSPS) is 23.5. The van der Waals surface area contributed by atoms with Crippen molar-refractivity contribution in [3.63, 3.8) is 0 Å². The maximum Gasteiger partial charge on any atom is 0.131 e. The number of hydrogen-bond acceptors (Lipinski definition) is 4. The molecule has 2 N–H and O–H groups in total. The minimum atomic E-state index is -0.900. The molecule has 1 fully saturated rings. The standard InChI is InChI=1S/C15H21N3O/c1-13-11-18(9-10-19-13)8-7-15(17,12-16)14-5-3-2-4-6-14/h2-6,13H,7-11,17H2,1H3. The molecule has 1 saturated heterocycles. The van der Waals surface area contributed by atoms with E-state index in [4.69, 9.17) is 10.5 Å². The molecule has 0 radical (unpaired) electrons. The molecule has 2 atom stereocenters. The monoisotopic (exact) mass is 259 g/mol. The van der Waals surface area contributed by atoms with E-state index in [0.29, 0.717) is 6.42 Å². The molecule has 102 valence electrons. The van der Waals surface area contributed by atoms with E-state index in [2.05, 4.69) is 17.9 Å². The first-order chi connectivity index (χ1) is 9.14. The Hall–Kier alpha value is -1.41. The molecule has 1 heterocycles. The number of hydrogen-bond donors (Lipinski definition) is 1. The van der Waals surface area contributed by atoms with E-state index in [1.165, 1.54) is 0 Å². The average molecular weight is 259 g/mol. The number of ether oxygens (including phenoxy) is 1. The van der Waals surface area contributed by atoms with Crippen LogP contribution in [0.4, 0.5) is 0 Å². The molecule has 1 aliphatic heterocycles. The fourth-order valence-corrected chi connectivity index (χ4v) is 2.43. The van der Waals surface area contributed by atoms with E-state index < -0.39 is 5.54 Å². The van der Waals surface area contributed by atoms with Crippen LogP contribution in [0, 0.1) is 11.3 Å². The lowest BCUT2D eigenvalue weighted by molar-refractivity contribution is -0.0196. The number of benzene rings is 1. The third kappa shape index (κ3) is 3.54.